The van der Waals surface area contributed by atoms with E-state index in [9.17, 15) is 0 Å². The average Bonchev–Trinajstić information content (AvgIpc) is 2.51. The van der Waals surface area contributed by atoms with Crippen molar-refractivity contribution in [1.82, 2.24) is 10.2 Å². The second-order valence-electron chi connectivity index (χ2n) is 6.15. The number of piperazine rings is 1. The van der Waals surface area contributed by atoms with Crippen LogP contribution in [0.2, 0.25) is 0 Å². The largest absolute Gasteiger partial charge is 0.496 e. The van der Waals surface area contributed by atoms with Gasteiger partial charge in [0.1, 0.15) is 11.5 Å². The Labute approximate surface area is 141 Å². The molecule has 0 aromatic heterocycles. The van der Waals surface area contributed by atoms with Crippen LogP contribution in [0.1, 0.15) is 30.9 Å². The molecule has 0 unspecified atom stereocenters. The van der Waals surface area contributed by atoms with Crippen LogP contribution in [0.15, 0.2) is 16.6 Å². The van der Waals surface area contributed by atoms with Crippen molar-refractivity contribution in [1.29, 1.82) is 0 Å². The highest BCUT2D eigenvalue weighted by Gasteiger charge is 2.35. The fourth-order valence-corrected chi connectivity index (χ4v) is 4.06. The molecule has 4 nitrogen and oxygen atoms in total. The van der Waals surface area contributed by atoms with Crippen molar-refractivity contribution in [3.05, 3.63) is 22.2 Å². The standard InChI is InChI=1S/C17H25BrN2O2/c1-21-15-11-14(18)16(22-2)10-13(15)17(12-4-3-5-12)20-8-6-19-7-9-20/h10-12,17,19H,3-9H2,1-2H3/t17-/m0/s1. The number of hydrogen-bond donors (Lipinski definition) is 1. The Morgan fingerprint density at radius 1 is 1.14 bits per heavy atom. The Morgan fingerprint density at radius 3 is 2.36 bits per heavy atom. The van der Waals surface area contributed by atoms with Gasteiger partial charge >= 0.3 is 0 Å². The molecule has 1 aliphatic carbocycles. The average molecular weight is 369 g/mol. The molecule has 1 saturated carbocycles. The molecular weight excluding hydrogens is 344 g/mol. The van der Waals surface area contributed by atoms with Crippen LogP contribution in [0.4, 0.5) is 0 Å². The van der Waals surface area contributed by atoms with E-state index >= 15 is 0 Å². The Kier molecular flexibility index (Phi) is 5.26. The number of methoxy groups -OCH3 is 2. The van der Waals surface area contributed by atoms with Gasteiger partial charge in [0.15, 0.2) is 0 Å². The molecule has 1 atom stereocenters. The van der Waals surface area contributed by atoms with Crippen molar-refractivity contribution in [2.24, 2.45) is 5.92 Å². The summed E-state index contributed by atoms with van der Waals surface area (Å²) in [7, 11) is 3.48. The third-order valence-electron chi connectivity index (χ3n) is 4.96. The second kappa shape index (κ2) is 7.20. The van der Waals surface area contributed by atoms with Gasteiger partial charge in [-0.15, -0.1) is 0 Å². The van der Waals surface area contributed by atoms with Crippen LogP contribution < -0.4 is 14.8 Å². The monoisotopic (exact) mass is 368 g/mol. The normalized spacial score (nSPS) is 21.2. The lowest BCUT2D eigenvalue weighted by Crippen LogP contribution is -2.47. The first-order chi connectivity index (χ1) is 10.7. The maximum atomic E-state index is 5.69. The summed E-state index contributed by atoms with van der Waals surface area (Å²) in [5, 5.41) is 3.45. The molecular formula is C17H25BrN2O2. The molecule has 0 spiro atoms. The van der Waals surface area contributed by atoms with Crippen LogP contribution in [0.25, 0.3) is 0 Å². The van der Waals surface area contributed by atoms with Gasteiger partial charge in [0.25, 0.3) is 0 Å². The molecule has 2 fully saturated rings. The number of nitrogens with zero attached hydrogens (tertiary/aromatic N) is 1. The fourth-order valence-electron chi connectivity index (χ4n) is 3.58. The van der Waals surface area contributed by atoms with E-state index in [-0.39, 0.29) is 0 Å². The molecule has 22 heavy (non-hydrogen) atoms. The third-order valence-corrected chi connectivity index (χ3v) is 5.58. The van der Waals surface area contributed by atoms with Crippen molar-refractivity contribution in [3.8, 4) is 11.5 Å². The molecule has 0 radical (unpaired) electrons. The lowest BCUT2D eigenvalue weighted by molar-refractivity contribution is 0.0817. The van der Waals surface area contributed by atoms with E-state index in [1.165, 1.54) is 24.8 Å². The Morgan fingerprint density at radius 2 is 1.82 bits per heavy atom. The van der Waals surface area contributed by atoms with E-state index in [2.05, 4.69) is 32.2 Å². The molecule has 0 bridgehead atoms. The van der Waals surface area contributed by atoms with Crippen molar-refractivity contribution in [2.45, 2.75) is 25.3 Å². The van der Waals surface area contributed by atoms with E-state index in [0.29, 0.717) is 6.04 Å². The van der Waals surface area contributed by atoms with Gasteiger partial charge in [-0.3, -0.25) is 4.90 Å². The number of nitrogens with one attached hydrogen (secondary N) is 1. The molecule has 1 heterocycles. The highest BCUT2D eigenvalue weighted by molar-refractivity contribution is 9.10. The Balaban J connectivity index is 1.98. The zero-order chi connectivity index (χ0) is 15.5. The Bertz CT molecular complexity index is 514. The summed E-state index contributed by atoms with van der Waals surface area (Å²) < 4.78 is 12.2. The second-order valence-corrected chi connectivity index (χ2v) is 7.00. The van der Waals surface area contributed by atoms with Gasteiger partial charge in [-0.25, -0.2) is 0 Å². The fraction of sp³-hybridized carbons (Fsp3) is 0.647. The minimum atomic E-state index is 0.438. The summed E-state index contributed by atoms with van der Waals surface area (Å²) in [5.41, 5.74) is 1.27. The molecule has 0 amide bonds. The van der Waals surface area contributed by atoms with Gasteiger partial charge in [-0.05, 0) is 46.8 Å². The SMILES string of the molecule is COc1cc([C@H](C2CCC2)N2CCNCC2)c(OC)cc1Br. The zero-order valence-corrected chi connectivity index (χ0v) is 15.0. The molecule has 1 N–H and O–H groups in total. The number of ether oxygens (including phenoxy) is 2. The quantitative estimate of drug-likeness (QED) is 0.864. The Hall–Kier alpha value is -0.780. The van der Waals surface area contributed by atoms with E-state index in [1.54, 1.807) is 14.2 Å². The highest BCUT2D eigenvalue weighted by atomic mass is 79.9. The van der Waals surface area contributed by atoms with Gasteiger partial charge in [0, 0.05) is 37.8 Å². The summed E-state index contributed by atoms with van der Waals surface area (Å²) in [4.78, 5) is 2.62. The van der Waals surface area contributed by atoms with Crippen LogP contribution >= 0.6 is 15.9 Å². The minimum absolute atomic E-state index is 0.438. The third kappa shape index (κ3) is 3.12. The molecule has 1 aromatic carbocycles. The molecule has 3 rings (SSSR count). The van der Waals surface area contributed by atoms with E-state index in [0.717, 1.165) is 48.1 Å². The van der Waals surface area contributed by atoms with E-state index in [4.69, 9.17) is 9.47 Å². The number of hydrogen-bond acceptors (Lipinski definition) is 4. The first-order valence-electron chi connectivity index (χ1n) is 8.10. The number of rotatable bonds is 5. The summed E-state index contributed by atoms with van der Waals surface area (Å²) in [6.45, 7) is 4.34. The van der Waals surface area contributed by atoms with Crippen LogP contribution in [-0.4, -0.2) is 45.3 Å². The zero-order valence-electron chi connectivity index (χ0n) is 13.4. The number of benzene rings is 1. The van der Waals surface area contributed by atoms with Gasteiger partial charge in [-0.2, -0.15) is 0 Å². The predicted molar refractivity (Wildman–Crippen MR) is 91.8 cm³/mol. The maximum absolute atomic E-state index is 5.69. The lowest BCUT2D eigenvalue weighted by Gasteiger charge is -2.43. The molecule has 1 aromatic rings. The van der Waals surface area contributed by atoms with Crippen molar-refractivity contribution in [3.63, 3.8) is 0 Å². The van der Waals surface area contributed by atoms with Crippen LogP contribution in [0.5, 0.6) is 11.5 Å². The molecule has 1 aliphatic heterocycles. The lowest BCUT2D eigenvalue weighted by atomic mass is 9.76. The van der Waals surface area contributed by atoms with Gasteiger partial charge < -0.3 is 14.8 Å². The van der Waals surface area contributed by atoms with Crippen molar-refractivity contribution >= 4 is 15.9 Å². The molecule has 2 aliphatic rings. The van der Waals surface area contributed by atoms with E-state index in [1.807, 2.05) is 6.07 Å². The minimum Gasteiger partial charge on any atom is -0.496 e. The van der Waals surface area contributed by atoms with Crippen molar-refractivity contribution < 1.29 is 9.47 Å². The van der Waals surface area contributed by atoms with Crippen LogP contribution in [0, 0.1) is 5.92 Å². The molecule has 5 heteroatoms. The highest BCUT2D eigenvalue weighted by Crippen LogP contribution is 2.46. The first-order valence-corrected chi connectivity index (χ1v) is 8.90. The molecule has 1 saturated heterocycles. The predicted octanol–water partition coefficient (Wildman–Crippen LogP) is 3.21. The summed E-state index contributed by atoms with van der Waals surface area (Å²) in [5.74, 6) is 2.58. The van der Waals surface area contributed by atoms with Gasteiger partial charge in [-0.1, -0.05) is 6.42 Å². The summed E-state index contributed by atoms with van der Waals surface area (Å²) in [6, 6.07) is 4.64. The molecule has 122 valence electrons. The smallest absolute Gasteiger partial charge is 0.133 e. The van der Waals surface area contributed by atoms with Crippen molar-refractivity contribution in [2.75, 3.05) is 40.4 Å². The first kappa shape index (κ1) is 16.1. The van der Waals surface area contributed by atoms with Crippen LogP contribution in [0.3, 0.4) is 0 Å². The maximum Gasteiger partial charge on any atom is 0.133 e. The van der Waals surface area contributed by atoms with Crippen LogP contribution in [-0.2, 0) is 0 Å². The van der Waals surface area contributed by atoms with E-state index < -0.39 is 0 Å². The topological polar surface area (TPSA) is 33.7 Å². The summed E-state index contributed by atoms with van der Waals surface area (Å²) in [6.07, 6.45) is 3.98. The van der Waals surface area contributed by atoms with Gasteiger partial charge in [0.2, 0.25) is 0 Å². The number of halogens is 1. The van der Waals surface area contributed by atoms with Gasteiger partial charge in [0.05, 0.1) is 18.7 Å². The summed E-state index contributed by atoms with van der Waals surface area (Å²) >= 11 is 3.57.